The number of nitrogens with zero attached hydrogens (tertiary/aromatic N) is 4. The lowest BCUT2D eigenvalue weighted by Crippen LogP contribution is -2.00. The van der Waals surface area contributed by atoms with Crippen LogP contribution in [0.3, 0.4) is 0 Å². The Morgan fingerprint density at radius 1 is 1.20 bits per heavy atom. The van der Waals surface area contributed by atoms with Gasteiger partial charge >= 0.3 is 0 Å². The van der Waals surface area contributed by atoms with Crippen LogP contribution >= 0.6 is 22.9 Å². The van der Waals surface area contributed by atoms with Gasteiger partial charge in [0, 0.05) is 10.9 Å². The molecule has 0 amide bonds. The Bertz CT molecular complexity index is 702. The lowest BCUT2D eigenvalue weighted by atomic mass is 10.2. The number of hydrogen-bond acceptors (Lipinski definition) is 4. The van der Waals surface area contributed by atoms with Crippen molar-refractivity contribution in [3.05, 3.63) is 52.8 Å². The van der Waals surface area contributed by atoms with Gasteiger partial charge in [0.1, 0.15) is 5.01 Å². The number of thiazole rings is 1. The molecule has 0 fully saturated rings. The van der Waals surface area contributed by atoms with Crippen LogP contribution in [-0.4, -0.2) is 20.0 Å². The first-order chi connectivity index (χ1) is 9.74. The standard InChI is InChI=1S/C14H13ClN4S/c1-10-2-4-11(5-3-10)14-16-13(9-20-14)8-19-7-12(6-15)17-18-19/h2-5,7,9H,6,8H2,1H3. The van der Waals surface area contributed by atoms with E-state index in [1.54, 1.807) is 16.0 Å². The predicted octanol–water partition coefficient (Wildman–Crippen LogP) is 3.50. The SMILES string of the molecule is Cc1ccc(-c2nc(Cn3cc(CCl)nn3)cs2)cc1. The van der Waals surface area contributed by atoms with E-state index in [1.165, 1.54) is 5.56 Å². The highest BCUT2D eigenvalue weighted by atomic mass is 35.5. The van der Waals surface area contributed by atoms with Crippen LogP contribution in [0.15, 0.2) is 35.8 Å². The molecule has 0 saturated carbocycles. The molecule has 0 aliphatic rings. The number of aryl methyl sites for hydroxylation is 1. The fourth-order valence-corrected chi connectivity index (χ4v) is 2.79. The topological polar surface area (TPSA) is 43.6 Å². The monoisotopic (exact) mass is 304 g/mol. The first-order valence-corrected chi connectivity index (χ1v) is 7.62. The highest BCUT2D eigenvalue weighted by Crippen LogP contribution is 2.24. The Hall–Kier alpha value is -1.72. The van der Waals surface area contributed by atoms with E-state index in [1.807, 2.05) is 6.20 Å². The van der Waals surface area contributed by atoms with Crippen molar-refractivity contribution in [2.75, 3.05) is 0 Å². The number of benzene rings is 1. The van der Waals surface area contributed by atoms with Gasteiger partial charge in [0.25, 0.3) is 0 Å². The Labute approximate surface area is 126 Å². The fourth-order valence-electron chi connectivity index (χ4n) is 1.85. The van der Waals surface area contributed by atoms with Crippen LogP contribution in [-0.2, 0) is 12.4 Å². The molecule has 1 aromatic carbocycles. The molecule has 0 unspecified atom stereocenters. The van der Waals surface area contributed by atoms with Crippen LogP contribution in [0.4, 0.5) is 0 Å². The average Bonchev–Trinajstić information content (AvgIpc) is 3.09. The van der Waals surface area contributed by atoms with E-state index in [9.17, 15) is 0 Å². The molecule has 2 aromatic heterocycles. The summed E-state index contributed by atoms with van der Waals surface area (Å²) in [4.78, 5) is 4.64. The van der Waals surface area contributed by atoms with E-state index in [0.717, 1.165) is 22.0 Å². The van der Waals surface area contributed by atoms with E-state index in [2.05, 4.69) is 51.9 Å². The van der Waals surface area contributed by atoms with Crippen molar-refractivity contribution in [2.24, 2.45) is 0 Å². The fraction of sp³-hybridized carbons (Fsp3) is 0.214. The number of aromatic nitrogens is 4. The van der Waals surface area contributed by atoms with Crippen LogP contribution < -0.4 is 0 Å². The minimum absolute atomic E-state index is 0.381. The number of hydrogen-bond donors (Lipinski definition) is 0. The van der Waals surface area contributed by atoms with Gasteiger partial charge in [-0.15, -0.1) is 28.0 Å². The van der Waals surface area contributed by atoms with E-state index >= 15 is 0 Å². The Kier molecular flexibility index (Phi) is 3.80. The molecule has 102 valence electrons. The molecule has 3 rings (SSSR count). The Morgan fingerprint density at radius 3 is 2.70 bits per heavy atom. The van der Waals surface area contributed by atoms with Gasteiger partial charge in [-0.05, 0) is 6.92 Å². The van der Waals surface area contributed by atoms with Crippen LogP contribution in [0.5, 0.6) is 0 Å². The lowest BCUT2D eigenvalue weighted by Gasteiger charge is -1.97. The zero-order valence-electron chi connectivity index (χ0n) is 11.0. The third kappa shape index (κ3) is 2.89. The number of rotatable bonds is 4. The third-order valence-electron chi connectivity index (χ3n) is 2.90. The smallest absolute Gasteiger partial charge is 0.123 e. The van der Waals surface area contributed by atoms with Crippen molar-refractivity contribution in [3.8, 4) is 10.6 Å². The Morgan fingerprint density at radius 2 is 2.00 bits per heavy atom. The molecule has 0 atom stereocenters. The van der Waals surface area contributed by atoms with Gasteiger partial charge in [-0.2, -0.15) is 0 Å². The van der Waals surface area contributed by atoms with Gasteiger partial charge in [-0.3, -0.25) is 0 Å². The van der Waals surface area contributed by atoms with E-state index < -0.39 is 0 Å². The zero-order valence-corrected chi connectivity index (χ0v) is 12.5. The van der Waals surface area contributed by atoms with Crippen LogP contribution in [0.2, 0.25) is 0 Å². The van der Waals surface area contributed by atoms with Gasteiger partial charge < -0.3 is 0 Å². The number of alkyl halides is 1. The molecule has 0 bridgehead atoms. The predicted molar refractivity (Wildman–Crippen MR) is 81.0 cm³/mol. The molecule has 0 aliphatic carbocycles. The second kappa shape index (κ2) is 5.73. The van der Waals surface area contributed by atoms with Crippen molar-refractivity contribution in [3.63, 3.8) is 0 Å². The molecule has 0 saturated heterocycles. The van der Waals surface area contributed by atoms with Crippen LogP contribution in [0, 0.1) is 6.92 Å². The maximum absolute atomic E-state index is 5.71. The van der Waals surface area contributed by atoms with Gasteiger partial charge in [0.05, 0.1) is 30.0 Å². The van der Waals surface area contributed by atoms with Crippen molar-refractivity contribution < 1.29 is 0 Å². The van der Waals surface area contributed by atoms with Gasteiger partial charge in [-0.1, -0.05) is 35.0 Å². The second-order valence-electron chi connectivity index (χ2n) is 4.55. The second-order valence-corrected chi connectivity index (χ2v) is 5.68. The highest BCUT2D eigenvalue weighted by Gasteiger charge is 2.06. The largest absolute Gasteiger partial charge is 0.246 e. The molecule has 2 heterocycles. The summed E-state index contributed by atoms with van der Waals surface area (Å²) in [6, 6.07) is 8.39. The van der Waals surface area contributed by atoms with Crippen molar-refractivity contribution in [1.29, 1.82) is 0 Å². The third-order valence-corrected chi connectivity index (χ3v) is 4.11. The first kappa shape index (κ1) is 13.3. The van der Waals surface area contributed by atoms with Crippen LogP contribution in [0.25, 0.3) is 10.6 Å². The molecule has 0 radical (unpaired) electrons. The maximum atomic E-state index is 5.71. The minimum Gasteiger partial charge on any atom is -0.246 e. The summed E-state index contributed by atoms with van der Waals surface area (Å²) >= 11 is 7.35. The van der Waals surface area contributed by atoms with Gasteiger partial charge in [0.15, 0.2) is 0 Å². The first-order valence-electron chi connectivity index (χ1n) is 6.21. The summed E-state index contributed by atoms with van der Waals surface area (Å²) in [7, 11) is 0. The van der Waals surface area contributed by atoms with E-state index in [4.69, 9.17) is 11.6 Å². The normalized spacial score (nSPS) is 10.9. The molecule has 3 aromatic rings. The summed E-state index contributed by atoms with van der Waals surface area (Å²) in [5.41, 5.74) is 4.16. The summed E-state index contributed by atoms with van der Waals surface area (Å²) < 4.78 is 1.76. The maximum Gasteiger partial charge on any atom is 0.123 e. The van der Waals surface area contributed by atoms with Crippen molar-refractivity contribution >= 4 is 22.9 Å². The molecular weight excluding hydrogens is 292 g/mol. The quantitative estimate of drug-likeness (QED) is 0.693. The summed E-state index contributed by atoms with van der Waals surface area (Å²) in [6.45, 7) is 2.70. The molecule has 0 N–H and O–H groups in total. The Balaban J connectivity index is 1.78. The molecule has 0 aliphatic heterocycles. The highest BCUT2D eigenvalue weighted by molar-refractivity contribution is 7.13. The molecule has 6 heteroatoms. The van der Waals surface area contributed by atoms with Gasteiger partial charge in [-0.25, -0.2) is 9.67 Å². The number of halogens is 1. The van der Waals surface area contributed by atoms with Crippen LogP contribution in [0.1, 0.15) is 17.0 Å². The van der Waals surface area contributed by atoms with E-state index in [0.29, 0.717) is 12.4 Å². The van der Waals surface area contributed by atoms with E-state index in [-0.39, 0.29) is 0 Å². The molecular formula is C14H13ClN4S. The summed E-state index contributed by atoms with van der Waals surface area (Å²) in [6.07, 6.45) is 1.85. The average molecular weight is 305 g/mol. The zero-order chi connectivity index (χ0) is 13.9. The summed E-state index contributed by atoms with van der Waals surface area (Å²) in [5, 5.41) is 11.1. The van der Waals surface area contributed by atoms with Crippen molar-refractivity contribution in [1.82, 2.24) is 20.0 Å². The van der Waals surface area contributed by atoms with Gasteiger partial charge in [0.2, 0.25) is 0 Å². The molecule has 0 spiro atoms. The minimum atomic E-state index is 0.381. The lowest BCUT2D eigenvalue weighted by molar-refractivity contribution is 0.641. The molecule has 20 heavy (non-hydrogen) atoms. The summed E-state index contributed by atoms with van der Waals surface area (Å²) in [5.74, 6) is 0.381. The van der Waals surface area contributed by atoms with Crippen molar-refractivity contribution in [2.45, 2.75) is 19.3 Å². The molecule has 4 nitrogen and oxygen atoms in total.